The van der Waals surface area contributed by atoms with Crippen molar-refractivity contribution in [2.24, 2.45) is 0 Å². The van der Waals surface area contributed by atoms with E-state index < -0.39 is 0 Å². The van der Waals surface area contributed by atoms with Gasteiger partial charge in [0.15, 0.2) is 0 Å². The van der Waals surface area contributed by atoms with Crippen molar-refractivity contribution in [3.8, 4) is 73.1 Å². The number of nitrogens with zero attached hydrogens (tertiary/aromatic N) is 4. The van der Waals surface area contributed by atoms with Gasteiger partial charge in [-0.15, -0.1) is 0 Å². The molecule has 0 radical (unpaired) electrons. The fourth-order valence-corrected chi connectivity index (χ4v) is 15.4. The summed E-state index contributed by atoms with van der Waals surface area (Å²) < 4.78 is 4.84. The Balaban J connectivity index is 0.953. The highest BCUT2D eigenvalue weighted by molar-refractivity contribution is 6.12. The van der Waals surface area contributed by atoms with Crippen molar-refractivity contribution in [1.29, 1.82) is 5.26 Å². The molecule has 0 spiro atoms. The van der Waals surface area contributed by atoms with Crippen molar-refractivity contribution >= 4 is 38.9 Å². The largest absolute Gasteiger partial charge is 0.307 e. The minimum absolute atomic E-state index is 0.0399. The Labute approximate surface area is 532 Å². The molecule has 3 unspecified atom stereocenters. The third kappa shape index (κ3) is 8.66. The van der Waals surface area contributed by atoms with Crippen LogP contribution in [0, 0.1) is 11.3 Å². The smallest absolute Gasteiger partial charge is 0.126 e. The molecule has 0 saturated carbocycles. The lowest BCUT2D eigenvalue weighted by molar-refractivity contribution is 0.590. The van der Waals surface area contributed by atoms with E-state index in [1.165, 1.54) is 83.1 Å². The predicted molar refractivity (Wildman–Crippen MR) is 377 cm³/mol. The quantitative estimate of drug-likeness (QED) is 0.152. The number of aromatic nitrogens is 3. The van der Waals surface area contributed by atoms with E-state index in [1.807, 2.05) is 0 Å². The zero-order valence-electron chi connectivity index (χ0n) is 52.0. The van der Waals surface area contributed by atoms with E-state index in [0.717, 1.165) is 78.2 Å². The average molecular weight is 1170 g/mol. The first kappa shape index (κ1) is 54.3. The third-order valence-electron chi connectivity index (χ3n) is 19.9. The molecule has 4 nitrogen and oxygen atoms in total. The number of hydrogen-bond acceptors (Lipinski definition) is 2. The lowest BCUT2D eigenvalue weighted by Crippen LogP contribution is -2.10. The molecule has 1 aliphatic heterocycles. The number of imidazole rings is 1. The maximum absolute atomic E-state index is 12.5. The van der Waals surface area contributed by atoms with Crippen LogP contribution < -0.4 is 0 Å². The summed E-state index contributed by atoms with van der Waals surface area (Å²) in [6, 6.07) is 101. The molecule has 0 amide bonds. The minimum Gasteiger partial charge on any atom is -0.307 e. The van der Waals surface area contributed by atoms with Crippen LogP contribution in [-0.2, 0) is 10.8 Å². The second kappa shape index (κ2) is 20.6. The molecule has 12 aromatic carbocycles. The summed E-state index contributed by atoms with van der Waals surface area (Å²) in [6.07, 6.45) is 2.47. The summed E-state index contributed by atoms with van der Waals surface area (Å²) in [5.41, 5.74) is 29.9. The van der Waals surface area contributed by atoms with Gasteiger partial charge in [0.05, 0.1) is 44.9 Å². The van der Waals surface area contributed by atoms with Gasteiger partial charge in [-0.2, -0.15) is 5.26 Å². The zero-order valence-corrected chi connectivity index (χ0v) is 52.0. The van der Waals surface area contributed by atoms with Crippen LogP contribution in [0.4, 0.5) is 0 Å². The molecule has 17 rings (SSSR count). The van der Waals surface area contributed by atoms with E-state index in [9.17, 15) is 5.26 Å². The molecule has 14 aromatic rings. The van der Waals surface area contributed by atoms with E-state index in [2.05, 4.69) is 330 Å². The Morgan fingerprint density at radius 3 is 1.49 bits per heavy atom. The molecule has 3 heterocycles. The zero-order chi connectivity index (χ0) is 61.4. The fraction of sp³-hybridized carbons (Fsp3) is 0.126. The molecule has 91 heavy (non-hydrogen) atoms. The van der Waals surface area contributed by atoms with Crippen LogP contribution in [0.15, 0.2) is 272 Å². The number of nitriles is 1. The summed E-state index contributed by atoms with van der Waals surface area (Å²) in [7, 11) is 0. The Kier molecular flexibility index (Phi) is 12.3. The normalized spacial score (nSPS) is 15.5. The molecular formula is C87H66N4. The standard InChI is InChI=1S/C87H66N4/c1-86(2,3)63-37-42-76-70(49-63)71-50-64(87(4,5)6)38-43-77(71)90(76)84-69(62-36-41-75-79(48-62)91-78-47-59(54-24-14-8-15-25-54)35-40-66(78)82(85(91)89-75)57-30-20-11-21-31-57)51-68(81(74(84)52-88)56-28-18-10-19-29-56)60-32-33-61-46-73-80(55-26-16-9-17-27-55)65-39-34-58(53-22-12-7-13-23-53)44-72(65)83(73)67(61)45-60/h7-51,80,82-83H,1-6H3. The highest BCUT2D eigenvalue weighted by atomic mass is 15.1. The van der Waals surface area contributed by atoms with Crippen molar-refractivity contribution < 1.29 is 0 Å². The maximum atomic E-state index is 12.5. The summed E-state index contributed by atoms with van der Waals surface area (Å²) >= 11 is 0. The van der Waals surface area contributed by atoms with Crippen LogP contribution >= 0.6 is 0 Å². The monoisotopic (exact) mass is 1170 g/mol. The van der Waals surface area contributed by atoms with Gasteiger partial charge in [0.2, 0.25) is 0 Å². The summed E-state index contributed by atoms with van der Waals surface area (Å²) in [5, 5.41) is 14.9. The topological polar surface area (TPSA) is 46.5 Å². The lowest BCUT2D eigenvalue weighted by Gasteiger charge is -2.23. The van der Waals surface area contributed by atoms with Crippen molar-refractivity contribution in [3.05, 3.63) is 334 Å². The molecule has 0 fully saturated rings. The highest BCUT2D eigenvalue weighted by Gasteiger charge is 2.42. The molecular weight excluding hydrogens is 1100 g/mol. The van der Waals surface area contributed by atoms with Gasteiger partial charge in [-0.05, 0) is 172 Å². The number of rotatable bonds is 8. The number of benzene rings is 12. The molecule has 3 atom stereocenters. The molecule has 2 aromatic heterocycles. The second-order valence-corrected chi connectivity index (χ2v) is 27.3. The molecule has 2 aliphatic carbocycles. The van der Waals surface area contributed by atoms with Crippen molar-refractivity contribution in [2.75, 3.05) is 0 Å². The van der Waals surface area contributed by atoms with Crippen molar-refractivity contribution in [1.82, 2.24) is 14.1 Å². The van der Waals surface area contributed by atoms with E-state index in [-0.39, 0.29) is 28.6 Å². The first-order valence-corrected chi connectivity index (χ1v) is 32.0. The van der Waals surface area contributed by atoms with Gasteiger partial charge in [0.25, 0.3) is 0 Å². The number of fused-ring (bicyclic) bond motifs is 13. The Morgan fingerprint density at radius 1 is 0.385 bits per heavy atom. The Hall–Kier alpha value is -10.9. The maximum Gasteiger partial charge on any atom is 0.126 e. The first-order chi connectivity index (χ1) is 44.4. The van der Waals surface area contributed by atoms with Gasteiger partial charge in [-0.1, -0.05) is 254 Å². The van der Waals surface area contributed by atoms with Crippen molar-refractivity contribution in [2.45, 2.75) is 70.1 Å². The molecule has 3 aliphatic rings. The summed E-state index contributed by atoms with van der Waals surface area (Å²) in [6.45, 7) is 13.8. The summed E-state index contributed by atoms with van der Waals surface area (Å²) in [5.74, 6) is 1.08. The molecule has 0 saturated heterocycles. The predicted octanol–water partition coefficient (Wildman–Crippen LogP) is 22.1. The van der Waals surface area contributed by atoms with Crippen LogP contribution in [0.1, 0.15) is 121 Å². The number of hydrogen-bond donors (Lipinski definition) is 0. The van der Waals surface area contributed by atoms with Crippen LogP contribution in [-0.4, -0.2) is 14.1 Å². The van der Waals surface area contributed by atoms with Crippen molar-refractivity contribution in [3.63, 3.8) is 0 Å². The van der Waals surface area contributed by atoms with Crippen LogP contribution in [0.25, 0.3) is 106 Å². The van der Waals surface area contributed by atoms with Gasteiger partial charge in [0, 0.05) is 33.7 Å². The highest BCUT2D eigenvalue weighted by Crippen LogP contribution is 2.59. The molecule has 4 heteroatoms. The Morgan fingerprint density at radius 2 is 0.901 bits per heavy atom. The van der Waals surface area contributed by atoms with E-state index in [1.54, 1.807) is 0 Å². The summed E-state index contributed by atoms with van der Waals surface area (Å²) in [4.78, 5) is 5.59. The van der Waals surface area contributed by atoms with E-state index in [0.29, 0.717) is 5.56 Å². The fourth-order valence-electron chi connectivity index (χ4n) is 15.4. The third-order valence-corrected chi connectivity index (χ3v) is 19.9. The molecule has 0 bridgehead atoms. The van der Waals surface area contributed by atoms with E-state index in [4.69, 9.17) is 4.98 Å². The number of allylic oxidation sites excluding steroid dienone is 1. The van der Waals surface area contributed by atoms with Crippen LogP contribution in [0.2, 0.25) is 0 Å². The van der Waals surface area contributed by atoms with Gasteiger partial charge in [-0.25, -0.2) is 4.98 Å². The van der Waals surface area contributed by atoms with Gasteiger partial charge in [0.1, 0.15) is 11.9 Å². The van der Waals surface area contributed by atoms with E-state index >= 15 is 0 Å². The SMILES string of the molecule is CC(C)(C)c1ccc2c(c1)c1cc(C(C)(C)C)ccc1n2-c1c(-c2ccc3nc4n(c3c2)-c2cc(-c3ccccc3)ccc2C4c2ccccc2)cc(-c2ccc3c(c2)C2C(=C3)C(c3ccccc3)c3ccc(-c4ccccc4)cc32)c(-c2ccccc2)c1C#N. The Bertz CT molecular complexity index is 5280. The average Bonchev–Trinajstić information content (AvgIpc) is 1.61. The minimum atomic E-state index is -0.102. The first-order valence-electron chi connectivity index (χ1n) is 32.0. The lowest BCUT2D eigenvalue weighted by atomic mass is 9.83. The van der Waals surface area contributed by atoms with Gasteiger partial charge in [-0.3, -0.25) is 4.57 Å². The van der Waals surface area contributed by atoms with Crippen LogP contribution in [0.3, 0.4) is 0 Å². The molecule has 0 N–H and O–H groups in total. The second-order valence-electron chi connectivity index (χ2n) is 27.3. The van der Waals surface area contributed by atoms with Gasteiger partial charge < -0.3 is 4.57 Å². The van der Waals surface area contributed by atoms with Gasteiger partial charge >= 0.3 is 0 Å². The molecule has 434 valence electrons. The van der Waals surface area contributed by atoms with Crippen LogP contribution in [0.5, 0.6) is 0 Å².